The second kappa shape index (κ2) is 3.06. The van der Waals surface area contributed by atoms with Crippen molar-refractivity contribution in [3.05, 3.63) is 11.5 Å². The Morgan fingerprint density at radius 1 is 1.54 bits per heavy atom. The molecule has 1 rings (SSSR count). The Hall–Kier alpha value is -0.980. The lowest BCUT2D eigenvalue weighted by Gasteiger charge is -2.23. The number of rotatable bonds is 2. The zero-order valence-corrected chi connectivity index (χ0v) is 7.02. The highest BCUT2D eigenvalue weighted by molar-refractivity contribution is 6.27. The van der Waals surface area contributed by atoms with Crippen LogP contribution in [0.2, 0.25) is 0 Å². The molecule has 0 aromatic heterocycles. The number of hydrogen-bond donors (Lipinski definition) is 4. The number of carbonyl (C=O) groups is 1. The van der Waals surface area contributed by atoms with Gasteiger partial charge < -0.3 is 25.2 Å². The van der Waals surface area contributed by atoms with Gasteiger partial charge in [-0.15, -0.1) is 0 Å². The van der Waals surface area contributed by atoms with Gasteiger partial charge in [-0.05, 0) is 0 Å². The highest BCUT2D eigenvalue weighted by Crippen LogP contribution is 2.36. The van der Waals surface area contributed by atoms with Crippen LogP contribution in [0.25, 0.3) is 0 Å². The van der Waals surface area contributed by atoms with Gasteiger partial charge in [0.15, 0.2) is 0 Å². The van der Waals surface area contributed by atoms with Crippen LogP contribution < -0.4 is 0 Å². The lowest BCUT2D eigenvalue weighted by Crippen LogP contribution is -2.41. The summed E-state index contributed by atoms with van der Waals surface area (Å²) in [6, 6.07) is 0. The molecule has 0 saturated heterocycles. The van der Waals surface area contributed by atoms with Crippen molar-refractivity contribution in [3.63, 3.8) is 0 Å². The number of halogens is 1. The van der Waals surface area contributed by atoms with E-state index in [1.54, 1.807) is 0 Å². The Labute approximate surface area is 77.6 Å². The molecule has 1 aliphatic rings. The van der Waals surface area contributed by atoms with E-state index in [-0.39, 0.29) is 0 Å². The number of esters is 1. The maximum atomic E-state index is 10.7. The smallest absolute Gasteiger partial charge is 0.379 e. The maximum absolute atomic E-state index is 10.7. The van der Waals surface area contributed by atoms with Crippen LogP contribution in [0, 0.1) is 0 Å². The minimum atomic E-state index is -2.28. The Morgan fingerprint density at radius 3 is 2.38 bits per heavy atom. The molecule has 74 valence electrons. The van der Waals surface area contributed by atoms with Gasteiger partial charge in [0.05, 0.1) is 6.61 Å². The van der Waals surface area contributed by atoms with Gasteiger partial charge in [-0.3, -0.25) is 0 Å². The van der Waals surface area contributed by atoms with Gasteiger partial charge in [0, 0.05) is 0 Å². The molecule has 13 heavy (non-hydrogen) atoms. The minimum absolute atomic E-state index is 0.825. The molecule has 0 fully saturated rings. The fraction of sp³-hybridized carbons (Fsp3) is 0.500. The van der Waals surface area contributed by atoms with E-state index >= 15 is 0 Å². The van der Waals surface area contributed by atoms with Crippen LogP contribution in [0.4, 0.5) is 0 Å². The molecular weight excluding hydrogens is 204 g/mol. The third-order valence-electron chi connectivity index (χ3n) is 1.58. The Bertz CT molecular complexity index is 274. The second-order valence-electron chi connectivity index (χ2n) is 2.43. The van der Waals surface area contributed by atoms with Crippen molar-refractivity contribution in [2.75, 3.05) is 6.61 Å². The molecule has 4 N–H and O–H groups in total. The molecule has 0 radical (unpaired) electrons. The van der Waals surface area contributed by atoms with Crippen LogP contribution in [0.3, 0.4) is 0 Å². The van der Waals surface area contributed by atoms with Gasteiger partial charge in [-0.2, -0.15) is 0 Å². The average Bonchev–Trinajstić information content (AvgIpc) is 2.30. The minimum Gasteiger partial charge on any atom is -0.504 e. The van der Waals surface area contributed by atoms with E-state index < -0.39 is 35.3 Å². The standard InChI is InChI=1S/C6H7ClO6/c7-6(2(9)1-8)4(11)3(10)5(12)13-6/h2,8-11H,1H2/t2-,6-/m1/s1. The molecule has 6 nitrogen and oxygen atoms in total. The SMILES string of the molecule is O=C1O[C@](Cl)([C@H](O)CO)C(O)=C1O. The molecule has 0 saturated carbocycles. The van der Waals surface area contributed by atoms with Crippen LogP contribution in [-0.4, -0.2) is 44.2 Å². The first-order valence-electron chi connectivity index (χ1n) is 3.27. The third kappa shape index (κ3) is 1.32. The number of alkyl halides is 1. The Kier molecular flexibility index (Phi) is 2.38. The van der Waals surface area contributed by atoms with Gasteiger partial charge in [0.1, 0.15) is 6.10 Å². The third-order valence-corrected chi connectivity index (χ3v) is 2.09. The number of aliphatic hydroxyl groups is 4. The van der Waals surface area contributed by atoms with Crippen molar-refractivity contribution in [2.24, 2.45) is 0 Å². The predicted molar refractivity (Wildman–Crippen MR) is 40.1 cm³/mol. The van der Waals surface area contributed by atoms with Crippen molar-refractivity contribution in [1.82, 2.24) is 0 Å². The summed E-state index contributed by atoms with van der Waals surface area (Å²) >= 11 is 5.44. The van der Waals surface area contributed by atoms with Crippen molar-refractivity contribution < 1.29 is 30.0 Å². The number of aliphatic hydroxyl groups excluding tert-OH is 4. The molecule has 7 heteroatoms. The van der Waals surface area contributed by atoms with E-state index in [1.165, 1.54) is 0 Å². The van der Waals surface area contributed by atoms with E-state index in [2.05, 4.69) is 4.74 Å². The summed E-state index contributed by atoms with van der Waals surface area (Å²) in [5, 5.41) is 33.2. The normalized spacial score (nSPS) is 30.5. The monoisotopic (exact) mass is 210 g/mol. The van der Waals surface area contributed by atoms with Crippen molar-refractivity contribution in [1.29, 1.82) is 0 Å². The molecule has 1 aliphatic heterocycles. The summed E-state index contributed by atoms with van der Waals surface area (Å²) < 4.78 is 4.27. The lowest BCUT2D eigenvalue weighted by atomic mass is 10.2. The van der Waals surface area contributed by atoms with E-state index in [1.807, 2.05) is 0 Å². The molecule has 0 bridgehead atoms. The predicted octanol–water partition coefficient (Wildman–Crippen LogP) is -0.841. The average molecular weight is 211 g/mol. The van der Waals surface area contributed by atoms with Gasteiger partial charge in [-0.25, -0.2) is 4.79 Å². The lowest BCUT2D eigenvalue weighted by molar-refractivity contribution is -0.152. The molecule has 2 atom stereocenters. The zero-order chi connectivity index (χ0) is 10.2. The van der Waals surface area contributed by atoms with Gasteiger partial charge in [0.2, 0.25) is 11.5 Å². The van der Waals surface area contributed by atoms with E-state index in [0.717, 1.165) is 0 Å². The van der Waals surface area contributed by atoms with Crippen LogP contribution in [-0.2, 0) is 9.53 Å². The molecule has 0 aromatic rings. The molecule has 0 aromatic carbocycles. The molecular formula is C6H7ClO6. The number of carbonyl (C=O) groups excluding carboxylic acids is 1. The van der Waals surface area contributed by atoms with Crippen LogP contribution in [0.15, 0.2) is 11.5 Å². The van der Waals surface area contributed by atoms with Crippen molar-refractivity contribution in [2.45, 2.75) is 11.2 Å². The van der Waals surface area contributed by atoms with E-state index in [0.29, 0.717) is 0 Å². The number of ether oxygens (including phenoxy) is 1. The quantitative estimate of drug-likeness (QED) is 0.350. The molecule has 0 aliphatic carbocycles. The molecule has 0 amide bonds. The summed E-state index contributed by atoms with van der Waals surface area (Å²) in [7, 11) is 0. The van der Waals surface area contributed by atoms with Gasteiger partial charge in [-0.1, -0.05) is 11.6 Å². The first-order valence-corrected chi connectivity index (χ1v) is 3.65. The highest BCUT2D eigenvalue weighted by atomic mass is 35.5. The number of hydrogen-bond acceptors (Lipinski definition) is 6. The van der Waals surface area contributed by atoms with Crippen molar-refractivity contribution >= 4 is 17.6 Å². The van der Waals surface area contributed by atoms with Crippen molar-refractivity contribution in [3.8, 4) is 0 Å². The Balaban J connectivity index is 3.03. The maximum Gasteiger partial charge on any atom is 0.379 e. The van der Waals surface area contributed by atoms with Gasteiger partial charge in [0.25, 0.3) is 5.06 Å². The number of cyclic esters (lactones) is 1. The molecule has 0 unspecified atom stereocenters. The fourth-order valence-electron chi connectivity index (χ4n) is 0.833. The van der Waals surface area contributed by atoms with E-state index in [4.69, 9.17) is 32.0 Å². The molecule has 1 heterocycles. The zero-order valence-electron chi connectivity index (χ0n) is 6.27. The first-order chi connectivity index (χ1) is 5.93. The van der Waals surface area contributed by atoms with Gasteiger partial charge >= 0.3 is 5.97 Å². The first kappa shape index (κ1) is 10.1. The van der Waals surface area contributed by atoms with E-state index in [9.17, 15) is 4.79 Å². The summed E-state index contributed by atoms with van der Waals surface area (Å²) in [6.45, 7) is -0.825. The second-order valence-corrected chi connectivity index (χ2v) is 2.99. The van der Waals surface area contributed by atoms with Crippen LogP contribution in [0.5, 0.6) is 0 Å². The summed E-state index contributed by atoms with van der Waals surface area (Å²) in [4.78, 5) is 10.7. The summed E-state index contributed by atoms with van der Waals surface area (Å²) in [6.07, 6.45) is -1.71. The van der Waals surface area contributed by atoms with Crippen LogP contribution in [0.1, 0.15) is 0 Å². The topological polar surface area (TPSA) is 107 Å². The largest absolute Gasteiger partial charge is 0.504 e. The highest BCUT2D eigenvalue weighted by Gasteiger charge is 2.52. The summed E-state index contributed by atoms with van der Waals surface area (Å²) in [5.74, 6) is -3.32. The van der Waals surface area contributed by atoms with Crippen LogP contribution >= 0.6 is 11.6 Å². The fourth-order valence-corrected chi connectivity index (χ4v) is 1.06. The molecule has 0 spiro atoms. The summed E-state index contributed by atoms with van der Waals surface area (Å²) in [5.41, 5.74) is 0. The Morgan fingerprint density at radius 2 is 2.08 bits per heavy atom.